The Morgan fingerprint density at radius 3 is 2.31 bits per heavy atom. The zero-order valence-corrected chi connectivity index (χ0v) is 9.82. The molecule has 0 aliphatic carbocycles. The Morgan fingerprint density at radius 2 is 1.81 bits per heavy atom. The third-order valence-electron chi connectivity index (χ3n) is 2.37. The number of aliphatic hydroxyl groups is 2. The van der Waals surface area contributed by atoms with Crippen LogP contribution in [-0.4, -0.2) is 41.4 Å². The predicted octanol–water partition coefficient (Wildman–Crippen LogP) is 0.709. The van der Waals surface area contributed by atoms with Crippen molar-refractivity contribution >= 4 is 17.3 Å². The minimum Gasteiger partial charge on any atom is -0.398 e. The van der Waals surface area contributed by atoms with Crippen LogP contribution in [0.4, 0.5) is 5.69 Å². The van der Waals surface area contributed by atoms with Gasteiger partial charge in [0, 0.05) is 35.9 Å². The van der Waals surface area contributed by atoms with Crippen molar-refractivity contribution in [2.24, 2.45) is 0 Å². The second-order valence-corrected chi connectivity index (χ2v) is 3.94. The summed E-state index contributed by atoms with van der Waals surface area (Å²) in [5.74, 6) is 0. The molecule has 5 heteroatoms. The van der Waals surface area contributed by atoms with Crippen molar-refractivity contribution in [3.8, 4) is 0 Å². The first kappa shape index (κ1) is 13.3. The summed E-state index contributed by atoms with van der Waals surface area (Å²) in [6.07, 6.45) is 0. The molecule has 0 radical (unpaired) electrons. The molecule has 0 aliphatic rings. The summed E-state index contributed by atoms with van der Waals surface area (Å²) < 4.78 is 0. The fourth-order valence-electron chi connectivity index (χ4n) is 1.52. The van der Waals surface area contributed by atoms with E-state index in [0.29, 0.717) is 30.3 Å². The molecule has 1 aromatic carbocycles. The number of rotatable bonds is 6. The van der Waals surface area contributed by atoms with Gasteiger partial charge < -0.3 is 15.9 Å². The third-order valence-corrected chi connectivity index (χ3v) is 2.72. The van der Waals surface area contributed by atoms with Crippen LogP contribution in [0.5, 0.6) is 0 Å². The second kappa shape index (κ2) is 6.70. The second-order valence-electron chi connectivity index (χ2n) is 3.53. The molecule has 0 unspecified atom stereocenters. The summed E-state index contributed by atoms with van der Waals surface area (Å²) in [6, 6.07) is 5.37. The van der Waals surface area contributed by atoms with Gasteiger partial charge >= 0.3 is 0 Å². The van der Waals surface area contributed by atoms with Crippen LogP contribution in [0.1, 0.15) is 5.56 Å². The maximum absolute atomic E-state index is 8.89. The van der Waals surface area contributed by atoms with Crippen LogP contribution in [0.15, 0.2) is 18.2 Å². The highest BCUT2D eigenvalue weighted by Gasteiger charge is 2.10. The maximum atomic E-state index is 8.89. The summed E-state index contributed by atoms with van der Waals surface area (Å²) in [5.41, 5.74) is 7.30. The Morgan fingerprint density at radius 1 is 1.19 bits per heavy atom. The highest BCUT2D eigenvalue weighted by molar-refractivity contribution is 6.31. The highest BCUT2D eigenvalue weighted by Crippen LogP contribution is 2.23. The Labute approximate surface area is 100 Å². The average molecular weight is 245 g/mol. The molecule has 0 saturated carbocycles. The van der Waals surface area contributed by atoms with E-state index in [9.17, 15) is 0 Å². The normalized spacial score (nSPS) is 11.0. The Bertz CT molecular complexity index is 308. The van der Waals surface area contributed by atoms with Gasteiger partial charge in [0.25, 0.3) is 0 Å². The lowest BCUT2D eigenvalue weighted by molar-refractivity contribution is 0.156. The van der Waals surface area contributed by atoms with E-state index in [2.05, 4.69) is 0 Å². The van der Waals surface area contributed by atoms with Crippen molar-refractivity contribution in [1.82, 2.24) is 4.90 Å². The van der Waals surface area contributed by atoms with Crippen LogP contribution in [0.3, 0.4) is 0 Å². The van der Waals surface area contributed by atoms with Crippen molar-refractivity contribution in [3.05, 3.63) is 28.8 Å². The average Bonchev–Trinajstić information content (AvgIpc) is 2.24. The summed E-state index contributed by atoms with van der Waals surface area (Å²) in [5, 5.41) is 18.4. The molecular weight excluding hydrogens is 228 g/mol. The zero-order chi connectivity index (χ0) is 12.0. The molecule has 0 spiro atoms. The van der Waals surface area contributed by atoms with Gasteiger partial charge in [-0.2, -0.15) is 0 Å². The lowest BCUT2D eigenvalue weighted by Gasteiger charge is -2.21. The number of nitrogens with zero attached hydrogens (tertiary/aromatic N) is 1. The molecule has 90 valence electrons. The van der Waals surface area contributed by atoms with Crippen molar-refractivity contribution < 1.29 is 10.2 Å². The van der Waals surface area contributed by atoms with E-state index in [-0.39, 0.29) is 13.2 Å². The number of anilines is 1. The fourth-order valence-corrected chi connectivity index (χ4v) is 1.76. The monoisotopic (exact) mass is 244 g/mol. The van der Waals surface area contributed by atoms with Crippen LogP contribution >= 0.6 is 11.6 Å². The standard InChI is InChI=1S/C11H17ClN2O2/c12-10-2-1-3-11(13)9(10)8-14(4-6-15)5-7-16/h1-3,15-16H,4-8,13H2. The quantitative estimate of drug-likeness (QED) is 0.645. The summed E-state index contributed by atoms with van der Waals surface area (Å²) in [7, 11) is 0. The molecule has 0 heterocycles. The smallest absolute Gasteiger partial charge is 0.0558 e. The van der Waals surface area contributed by atoms with Gasteiger partial charge in [0.05, 0.1) is 13.2 Å². The number of hydrogen-bond donors (Lipinski definition) is 3. The first-order valence-electron chi connectivity index (χ1n) is 5.16. The van der Waals surface area contributed by atoms with Crippen molar-refractivity contribution in [3.63, 3.8) is 0 Å². The minimum atomic E-state index is 0.0460. The van der Waals surface area contributed by atoms with E-state index in [4.69, 9.17) is 27.5 Å². The van der Waals surface area contributed by atoms with Crippen LogP contribution < -0.4 is 5.73 Å². The van der Waals surface area contributed by atoms with Gasteiger partial charge in [0.2, 0.25) is 0 Å². The Hall–Kier alpha value is -0.810. The fraction of sp³-hybridized carbons (Fsp3) is 0.455. The SMILES string of the molecule is Nc1cccc(Cl)c1CN(CCO)CCO. The van der Waals surface area contributed by atoms with Crippen molar-refractivity contribution in [2.75, 3.05) is 32.0 Å². The number of halogens is 1. The van der Waals surface area contributed by atoms with E-state index in [1.54, 1.807) is 18.2 Å². The third kappa shape index (κ3) is 3.64. The zero-order valence-electron chi connectivity index (χ0n) is 9.06. The van der Waals surface area contributed by atoms with Gasteiger partial charge in [-0.3, -0.25) is 4.90 Å². The Kier molecular flexibility index (Phi) is 5.55. The van der Waals surface area contributed by atoms with Gasteiger partial charge in [-0.05, 0) is 12.1 Å². The lowest BCUT2D eigenvalue weighted by atomic mass is 10.1. The first-order chi connectivity index (χ1) is 7.69. The Balaban J connectivity index is 2.76. The highest BCUT2D eigenvalue weighted by atomic mass is 35.5. The van der Waals surface area contributed by atoms with Gasteiger partial charge in [0.1, 0.15) is 0 Å². The number of hydrogen-bond acceptors (Lipinski definition) is 4. The molecule has 0 atom stereocenters. The molecule has 16 heavy (non-hydrogen) atoms. The minimum absolute atomic E-state index is 0.0460. The van der Waals surface area contributed by atoms with Crippen LogP contribution in [-0.2, 0) is 6.54 Å². The van der Waals surface area contributed by atoms with Gasteiger partial charge in [-0.15, -0.1) is 0 Å². The van der Waals surface area contributed by atoms with Gasteiger partial charge in [-0.1, -0.05) is 17.7 Å². The first-order valence-corrected chi connectivity index (χ1v) is 5.53. The summed E-state index contributed by atoms with van der Waals surface area (Å²) in [4.78, 5) is 1.90. The largest absolute Gasteiger partial charge is 0.398 e. The topological polar surface area (TPSA) is 69.7 Å². The van der Waals surface area contributed by atoms with Crippen LogP contribution in [0.25, 0.3) is 0 Å². The van der Waals surface area contributed by atoms with E-state index in [1.165, 1.54) is 0 Å². The van der Waals surface area contributed by atoms with Crippen LogP contribution in [0, 0.1) is 0 Å². The van der Waals surface area contributed by atoms with Gasteiger partial charge in [0.15, 0.2) is 0 Å². The maximum Gasteiger partial charge on any atom is 0.0558 e. The van der Waals surface area contributed by atoms with E-state index < -0.39 is 0 Å². The molecule has 0 amide bonds. The molecule has 1 aromatic rings. The lowest BCUT2D eigenvalue weighted by Crippen LogP contribution is -2.29. The molecule has 0 aromatic heterocycles. The molecule has 0 bridgehead atoms. The van der Waals surface area contributed by atoms with Crippen LogP contribution in [0.2, 0.25) is 5.02 Å². The van der Waals surface area contributed by atoms with Crippen molar-refractivity contribution in [1.29, 1.82) is 0 Å². The molecule has 1 rings (SSSR count). The molecule has 4 nitrogen and oxygen atoms in total. The van der Waals surface area contributed by atoms with Crippen molar-refractivity contribution in [2.45, 2.75) is 6.54 Å². The molecule has 0 aliphatic heterocycles. The van der Waals surface area contributed by atoms with E-state index in [0.717, 1.165) is 5.56 Å². The number of nitrogen functional groups attached to an aromatic ring is 1. The summed E-state index contributed by atoms with van der Waals surface area (Å²) >= 11 is 6.04. The summed E-state index contributed by atoms with van der Waals surface area (Å²) in [6.45, 7) is 1.61. The number of aliphatic hydroxyl groups excluding tert-OH is 2. The molecule has 0 saturated heterocycles. The van der Waals surface area contributed by atoms with E-state index in [1.807, 2.05) is 4.90 Å². The van der Waals surface area contributed by atoms with E-state index >= 15 is 0 Å². The molecular formula is C11H17ClN2O2. The van der Waals surface area contributed by atoms with Gasteiger partial charge in [-0.25, -0.2) is 0 Å². The number of benzene rings is 1. The number of nitrogens with two attached hydrogens (primary N) is 1. The molecule has 0 fully saturated rings. The predicted molar refractivity (Wildman–Crippen MR) is 65.3 cm³/mol. The molecule has 4 N–H and O–H groups in total.